The largest absolute Gasteiger partial charge is 0.481 e. The molecule has 0 spiro atoms. The highest BCUT2D eigenvalue weighted by atomic mass is 32.2. The maximum absolute atomic E-state index is 12.1. The zero-order valence-corrected chi connectivity index (χ0v) is 13.7. The summed E-state index contributed by atoms with van der Waals surface area (Å²) < 4.78 is 5.51. The van der Waals surface area contributed by atoms with Gasteiger partial charge in [0.05, 0.1) is 19.1 Å². The highest BCUT2D eigenvalue weighted by Crippen LogP contribution is 2.14. The number of carbonyl (C=O) groups excluding carboxylic acids is 1. The van der Waals surface area contributed by atoms with Gasteiger partial charge in [-0.25, -0.2) is 4.79 Å². The van der Waals surface area contributed by atoms with Crippen molar-refractivity contribution in [3.63, 3.8) is 0 Å². The molecule has 0 saturated carbocycles. The Labute approximate surface area is 130 Å². The Morgan fingerprint density at radius 3 is 2.67 bits per heavy atom. The minimum Gasteiger partial charge on any atom is -0.481 e. The fourth-order valence-electron chi connectivity index (χ4n) is 2.21. The molecular formula is C14H26N2O4S. The summed E-state index contributed by atoms with van der Waals surface area (Å²) in [5, 5.41) is 11.6. The van der Waals surface area contributed by atoms with Crippen molar-refractivity contribution >= 4 is 23.8 Å². The lowest BCUT2D eigenvalue weighted by Crippen LogP contribution is -2.48. The number of nitrogens with one attached hydrogen (secondary N) is 1. The smallest absolute Gasteiger partial charge is 0.317 e. The van der Waals surface area contributed by atoms with Gasteiger partial charge in [0.15, 0.2) is 0 Å². The van der Waals surface area contributed by atoms with E-state index < -0.39 is 5.97 Å². The molecule has 1 aliphatic heterocycles. The zero-order chi connectivity index (χ0) is 15.7. The molecule has 0 aromatic carbocycles. The van der Waals surface area contributed by atoms with Crippen molar-refractivity contribution in [1.29, 1.82) is 0 Å². The van der Waals surface area contributed by atoms with E-state index in [-0.39, 0.29) is 31.2 Å². The second kappa shape index (κ2) is 9.89. The maximum Gasteiger partial charge on any atom is 0.317 e. The Morgan fingerprint density at radius 2 is 2.10 bits per heavy atom. The minimum atomic E-state index is -0.842. The van der Waals surface area contributed by atoms with Gasteiger partial charge in [-0.15, -0.1) is 0 Å². The van der Waals surface area contributed by atoms with Crippen LogP contribution in [-0.4, -0.2) is 65.9 Å². The normalized spacial score (nSPS) is 17.5. The highest BCUT2D eigenvalue weighted by molar-refractivity contribution is 7.98. The molecular weight excluding hydrogens is 292 g/mol. The van der Waals surface area contributed by atoms with E-state index in [0.717, 1.165) is 25.0 Å². The molecule has 0 bridgehead atoms. The van der Waals surface area contributed by atoms with Crippen molar-refractivity contribution in [2.75, 3.05) is 31.7 Å². The highest BCUT2D eigenvalue weighted by Gasteiger charge is 2.23. The number of urea groups is 1. The molecule has 2 N–H and O–H groups in total. The van der Waals surface area contributed by atoms with Gasteiger partial charge in [0.25, 0.3) is 0 Å². The monoisotopic (exact) mass is 318 g/mol. The van der Waals surface area contributed by atoms with Gasteiger partial charge in [-0.2, -0.15) is 11.8 Å². The van der Waals surface area contributed by atoms with Crippen LogP contribution in [0, 0.1) is 0 Å². The van der Waals surface area contributed by atoms with Crippen LogP contribution in [0.3, 0.4) is 0 Å². The first-order chi connectivity index (χ1) is 10.0. The van der Waals surface area contributed by atoms with Crippen LogP contribution in [0.4, 0.5) is 4.79 Å². The number of piperidine rings is 1. The van der Waals surface area contributed by atoms with Crippen LogP contribution in [-0.2, 0) is 9.53 Å². The van der Waals surface area contributed by atoms with Gasteiger partial charge in [0.1, 0.15) is 0 Å². The Kier molecular flexibility index (Phi) is 8.52. The van der Waals surface area contributed by atoms with Crippen LogP contribution in [0.1, 0.15) is 32.6 Å². The molecule has 1 aliphatic rings. The molecule has 1 heterocycles. The van der Waals surface area contributed by atoms with Crippen LogP contribution in [0.5, 0.6) is 0 Å². The summed E-state index contributed by atoms with van der Waals surface area (Å²) in [4.78, 5) is 24.3. The zero-order valence-electron chi connectivity index (χ0n) is 12.8. The van der Waals surface area contributed by atoms with Crippen molar-refractivity contribution in [1.82, 2.24) is 10.2 Å². The number of carbonyl (C=O) groups is 2. The predicted molar refractivity (Wildman–Crippen MR) is 83.8 cm³/mol. The van der Waals surface area contributed by atoms with Gasteiger partial charge in [0.2, 0.25) is 0 Å². The maximum atomic E-state index is 12.1. The Balaban J connectivity index is 2.19. The molecule has 1 saturated heterocycles. The topological polar surface area (TPSA) is 78.9 Å². The van der Waals surface area contributed by atoms with Crippen LogP contribution in [0.25, 0.3) is 0 Å². The third-order valence-electron chi connectivity index (χ3n) is 3.52. The van der Waals surface area contributed by atoms with E-state index in [9.17, 15) is 9.59 Å². The molecule has 1 unspecified atom stereocenters. The molecule has 1 fully saturated rings. The van der Waals surface area contributed by atoms with E-state index in [1.165, 1.54) is 0 Å². The SMILES string of the molecule is CSCCC(C)NC(=O)N1CCC(OCCC(=O)O)CC1. The average molecular weight is 318 g/mol. The number of nitrogens with zero attached hydrogens (tertiary/aromatic N) is 1. The number of hydrogen-bond donors (Lipinski definition) is 2. The Bertz CT molecular complexity index is 333. The number of amides is 2. The fourth-order valence-corrected chi connectivity index (χ4v) is 2.80. The van der Waals surface area contributed by atoms with Gasteiger partial charge in [-0.05, 0) is 38.2 Å². The van der Waals surface area contributed by atoms with Crippen molar-refractivity contribution < 1.29 is 19.4 Å². The summed E-state index contributed by atoms with van der Waals surface area (Å²) >= 11 is 1.78. The Morgan fingerprint density at radius 1 is 1.43 bits per heavy atom. The van der Waals surface area contributed by atoms with E-state index in [1.54, 1.807) is 11.8 Å². The lowest BCUT2D eigenvalue weighted by molar-refractivity contribution is -0.138. The summed E-state index contributed by atoms with van der Waals surface area (Å²) in [5.74, 6) is 0.201. The molecule has 2 amide bonds. The van der Waals surface area contributed by atoms with Gasteiger partial charge >= 0.3 is 12.0 Å². The van der Waals surface area contributed by atoms with Crippen molar-refractivity contribution in [3.05, 3.63) is 0 Å². The first kappa shape index (κ1) is 18.1. The van der Waals surface area contributed by atoms with Gasteiger partial charge in [0, 0.05) is 19.1 Å². The molecule has 0 radical (unpaired) electrons. The minimum absolute atomic E-state index is 0.00686. The second-order valence-corrected chi connectivity index (χ2v) is 6.32. The number of hydrogen-bond acceptors (Lipinski definition) is 4. The summed E-state index contributed by atoms with van der Waals surface area (Å²) in [5.41, 5.74) is 0. The number of rotatable bonds is 8. The summed E-state index contributed by atoms with van der Waals surface area (Å²) in [6.07, 6.45) is 4.68. The summed E-state index contributed by atoms with van der Waals surface area (Å²) in [6, 6.07) is 0.182. The van der Waals surface area contributed by atoms with Crippen molar-refractivity contribution in [3.8, 4) is 0 Å². The number of carboxylic acid groups (broad SMARTS) is 1. The van der Waals surface area contributed by atoms with E-state index in [4.69, 9.17) is 9.84 Å². The molecule has 0 aromatic heterocycles. The standard InChI is InChI=1S/C14H26N2O4S/c1-11(6-10-21-2)15-14(19)16-7-3-12(4-8-16)20-9-5-13(17)18/h11-12H,3-10H2,1-2H3,(H,15,19)(H,17,18). The molecule has 122 valence electrons. The lowest BCUT2D eigenvalue weighted by atomic mass is 10.1. The third-order valence-corrected chi connectivity index (χ3v) is 4.17. The summed E-state index contributed by atoms with van der Waals surface area (Å²) in [7, 11) is 0. The average Bonchev–Trinajstić information content (AvgIpc) is 2.45. The molecule has 0 aliphatic carbocycles. The van der Waals surface area contributed by atoms with E-state index in [0.29, 0.717) is 13.1 Å². The van der Waals surface area contributed by atoms with Crippen LogP contribution in [0.15, 0.2) is 0 Å². The van der Waals surface area contributed by atoms with Crippen LogP contribution in [0.2, 0.25) is 0 Å². The predicted octanol–water partition coefficient (Wildman–Crippen LogP) is 1.79. The second-order valence-electron chi connectivity index (χ2n) is 5.33. The molecule has 0 aromatic rings. The molecule has 1 rings (SSSR count). The van der Waals surface area contributed by atoms with Crippen molar-refractivity contribution in [2.24, 2.45) is 0 Å². The first-order valence-corrected chi connectivity index (χ1v) is 8.80. The number of aliphatic carboxylic acids is 1. The first-order valence-electron chi connectivity index (χ1n) is 7.40. The van der Waals surface area contributed by atoms with Gasteiger partial charge < -0.3 is 20.1 Å². The van der Waals surface area contributed by atoms with Gasteiger partial charge in [-0.3, -0.25) is 4.79 Å². The number of carboxylic acids is 1. The van der Waals surface area contributed by atoms with E-state index in [1.807, 2.05) is 11.8 Å². The van der Waals surface area contributed by atoms with E-state index in [2.05, 4.69) is 11.6 Å². The molecule has 21 heavy (non-hydrogen) atoms. The lowest BCUT2D eigenvalue weighted by Gasteiger charge is -2.32. The summed E-state index contributed by atoms with van der Waals surface area (Å²) in [6.45, 7) is 3.60. The van der Waals surface area contributed by atoms with E-state index >= 15 is 0 Å². The van der Waals surface area contributed by atoms with Crippen LogP contribution < -0.4 is 5.32 Å². The van der Waals surface area contributed by atoms with Gasteiger partial charge in [-0.1, -0.05) is 0 Å². The third kappa shape index (κ3) is 7.57. The quantitative estimate of drug-likeness (QED) is 0.713. The van der Waals surface area contributed by atoms with Crippen LogP contribution >= 0.6 is 11.8 Å². The number of thioether (sulfide) groups is 1. The number of ether oxygens (including phenoxy) is 1. The Hall–Kier alpha value is -0.950. The molecule has 7 heteroatoms. The molecule has 1 atom stereocenters. The van der Waals surface area contributed by atoms with Crippen molar-refractivity contribution in [2.45, 2.75) is 44.8 Å². The molecule has 6 nitrogen and oxygen atoms in total. The number of likely N-dealkylation sites (tertiary alicyclic amines) is 1. The fraction of sp³-hybridized carbons (Fsp3) is 0.857.